The third-order valence-electron chi connectivity index (χ3n) is 2.88. The van der Waals surface area contributed by atoms with Crippen LogP contribution in [-0.4, -0.2) is 10.7 Å². The molecule has 0 unspecified atom stereocenters. The van der Waals surface area contributed by atoms with Gasteiger partial charge in [-0.25, -0.2) is 0 Å². The predicted molar refractivity (Wildman–Crippen MR) is 72.3 cm³/mol. The van der Waals surface area contributed by atoms with Gasteiger partial charge in [0.15, 0.2) is 5.78 Å². The van der Waals surface area contributed by atoms with Crippen molar-refractivity contribution < 1.29 is 9.72 Å². The summed E-state index contributed by atoms with van der Waals surface area (Å²) < 4.78 is 0. The summed E-state index contributed by atoms with van der Waals surface area (Å²) in [6.07, 6.45) is 0.0423. The largest absolute Gasteiger partial charge is 0.294 e. The molecule has 0 N–H and O–H groups in total. The van der Waals surface area contributed by atoms with Gasteiger partial charge in [-0.3, -0.25) is 14.9 Å². The molecule has 0 aliphatic heterocycles. The van der Waals surface area contributed by atoms with Crippen molar-refractivity contribution in [2.45, 2.75) is 13.3 Å². The summed E-state index contributed by atoms with van der Waals surface area (Å²) in [6, 6.07) is 13.7. The van der Waals surface area contributed by atoms with Crippen molar-refractivity contribution >= 4 is 11.5 Å². The molecule has 0 aliphatic carbocycles. The lowest BCUT2D eigenvalue weighted by Gasteiger charge is -2.04. The lowest BCUT2D eigenvalue weighted by atomic mass is 10.0. The first-order chi connectivity index (χ1) is 9.08. The molecule has 19 heavy (non-hydrogen) atoms. The second-order valence-electron chi connectivity index (χ2n) is 4.36. The Morgan fingerprint density at radius 1 is 1.16 bits per heavy atom. The summed E-state index contributed by atoms with van der Waals surface area (Å²) in [6.45, 7) is 1.79. The van der Waals surface area contributed by atoms with E-state index in [0.717, 1.165) is 5.56 Å². The molecule has 4 nitrogen and oxygen atoms in total. The van der Waals surface area contributed by atoms with Crippen molar-refractivity contribution in [2.75, 3.05) is 0 Å². The molecule has 0 heterocycles. The molecular weight excluding hydrogens is 242 g/mol. The average molecular weight is 255 g/mol. The quantitative estimate of drug-likeness (QED) is 0.478. The Hall–Kier alpha value is -2.49. The van der Waals surface area contributed by atoms with E-state index in [9.17, 15) is 14.9 Å². The number of ketones is 1. The summed E-state index contributed by atoms with van der Waals surface area (Å²) in [5.74, 6) is -0.118. The van der Waals surface area contributed by atoms with Gasteiger partial charge in [0.05, 0.1) is 4.92 Å². The van der Waals surface area contributed by atoms with Crippen LogP contribution in [0.5, 0.6) is 0 Å². The number of rotatable bonds is 4. The Balaban J connectivity index is 2.29. The van der Waals surface area contributed by atoms with Gasteiger partial charge in [-0.1, -0.05) is 42.5 Å². The van der Waals surface area contributed by atoms with E-state index in [-0.39, 0.29) is 17.9 Å². The zero-order chi connectivity index (χ0) is 13.8. The Bertz CT molecular complexity index is 621. The fraction of sp³-hybridized carbons (Fsp3) is 0.133. The second-order valence-corrected chi connectivity index (χ2v) is 4.36. The number of aryl methyl sites for hydroxylation is 1. The number of carbonyl (C=O) groups excluding carboxylic acids is 1. The molecule has 0 amide bonds. The second kappa shape index (κ2) is 5.44. The summed E-state index contributed by atoms with van der Waals surface area (Å²) >= 11 is 0. The number of carbonyl (C=O) groups is 1. The highest BCUT2D eigenvalue weighted by Crippen LogP contribution is 2.21. The van der Waals surface area contributed by atoms with Crippen molar-refractivity contribution in [1.82, 2.24) is 0 Å². The fourth-order valence-corrected chi connectivity index (χ4v) is 1.89. The van der Waals surface area contributed by atoms with E-state index in [1.54, 1.807) is 43.3 Å². The van der Waals surface area contributed by atoms with Crippen molar-refractivity contribution in [2.24, 2.45) is 0 Å². The zero-order valence-electron chi connectivity index (χ0n) is 10.5. The fourth-order valence-electron chi connectivity index (χ4n) is 1.89. The maximum Gasteiger partial charge on any atom is 0.273 e. The van der Waals surface area contributed by atoms with Crippen molar-refractivity contribution in [1.29, 1.82) is 0 Å². The SMILES string of the molecule is Cc1ccc(CC(=O)c2ccccc2)c([N+](=O)[O-])c1. The van der Waals surface area contributed by atoms with Crippen LogP contribution in [0.4, 0.5) is 5.69 Å². The van der Waals surface area contributed by atoms with Gasteiger partial charge in [0.1, 0.15) is 0 Å². The van der Waals surface area contributed by atoms with Crippen LogP contribution in [0.25, 0.3) is 0 Å². The minimum Gasteiger partial charge on any atom is -0.294 e. The highest BCUT2D eigenvalue weighted by molar-refractivity contribution is 5.97. The van der Waals surface area contributed by atoms with E-state index >= 15 is 0 Å². The van der Waals surface area contributed by atoms with Crippen LogP contribution in [0.15, 0.2) is 48.5 Å². The average Bonchev–Trinajstić information content (AvgIpc) is 2.41. The number of benzene rings is 2. The Morgan fingerprint density at radius 2 is 1.84 bits per heavy atom. The lowest BCUT2D eigenvalue weighted by Crippen LogP contribution is -2.06. The maximum atomic E-state index is 12.1. The number of nitro benzene ring substituents is 1. The molecule has 2 aromatic carbocycles. The molecular formula is C15H13NO3. The molecule has 0 spiro atoms. The number of nitrogens with zero attached hydrogens (tertiary/aromatic N) is 1. The first-order valence-electron chi connectivity index (χ1n) is 5.90. The third kappa shape index (κ3) is 3.04. The van der Waals surface area contributed by atoms with E-state index in [0.29, 0.717) is 11.1 Å². The van der Waals surface area contributed by atoms with Crippen LogP contribution < -0.4 is 0 Å². The summed E-state index contributed by atoms with van der Waals surface area (Å²) in [4.78, 5) is 22.6. The summed E-state index contributed by atoms with van der Waals surface area (Å²) in [5, 5.41) is 11.0. The van der Waals surface area contributed by atoms with E-state index in [1.165, 1.54) is 6.07 Å². The molecule has 0 saturated heterocycles. The van der Waals surface area contributed by atoms with Gasteiger partial charge in [0, 0.05) is 23.6 Å². The van der Waals surface area contributed by atoms with Crippen molar-refractivity contribution in [3.05, 3.63) is 75.3 Å². The van der Waals surface area contributed by atoms with Gasteiger partial charge in [0.2, 0.25) is 0 Å². The molecule has 0 bridgehead atoms. The van der Waals surface area contributed by atoms with Crippen LogP contribution >= 0.6 is 0 Å². The number of hydrogen-bond acceptors (Lipinski definition) is 3. The summed E-state index contributed by atoms with van der Waals surface area (Å²) in [7, 11) is 0. The lowest BCUT2D eigenvalue weighted by molar-refractivity contribution is -0.385. The molecule has 0 fully saturated rings. The minimum absolute atomic E-state index is 0.00396. The Kier molecular flexibility index (Phi) is 3.71. The van der Waals surface area contributed by atoms with Crippen LogP contribution in [0.2, 0.25) is 0 Å². The van der Waals surface area contributed by atoms with E-state index in [1.807, 2.05) is 6.07 Å². The van der Waals surface area contributed by atoms with Gasteiger partial charge in [-0.05, 0) is 12.5 Å². The molecule has 96 valence electrons. The van der Waals surface area contributed by atoms with Gasteiger partial charge < -0.3 is 0 Å². The zero-order valence-corrected chi connectivity index (χ0v) is 10.5. The highest BCUT2D eigenvalue weighted by atomic mass is 16.6. The van der Waals surface area contributed by atoms with Crippen LogP contribution in [0.3, 0.4) is 0 Å². The molecule has 0 aromatic heterocycles. The Morgan fingerprint density at radius 3 is 2.47 bits per heavy atom. The summed E-state index contributed by atoms with van der Waals surface area (Å²) in [5.41, 5.74) is 1.83. The molecule has 0 saturated carbocycles. The van der Waals surface area contributed by atoms with Crippen molar-refractivity contribution in [3.63, 3.8) is 0 Å². The third-order valence-corrected chi connectivity index (χ3v) is 2.88. The Labute approximate surface area is 110 Å². The standard InChI is InChI=1S/C15H13NO3/c1-11-7-8-13(14(9-11)16(18)19)10-15(17)12-5-3-2-4-6-12/h2-9H,10H2,1H3. The van der Waals surface area contributed by atoms with Gasteiger partial charge in [0.25, 0.3) is 5.69 Å². The van der Waals surface area contributed by atoms with Crippen LogP contribution in [-0.2, 0) is 6.42 Å². The normalized spacial score (nSPS) is 10.2. The molecule has 2 rings (SSSR count). The van der Waals surface area contributed by atoms with Crippen molar-refractivity contribution in [3.8, 4) is 0 Å². The highest BCUT2D eigenvalue weighted by Gasteiger charge is 2.17. The van der Waals surface area contributed by atoms with E-state index in [2.05, 4.69) is 0 Å². The smallest absolute Gasteiger partial charge is 0.273 e. The predicted octanol–water partition coefficient (Wildman–Crippen LogP) is 3.33. The van der Waals surface area contributed by atoms with E-state index < -0.39 is 4.92 Å². The first-order valence-corrected chi connectivity index (χ1v) is 5.90. The number of nitro groups is 1. The molecule has 4 heteroatoms. The number of Topliss-reactive ketones (excluding diaryl/α,β-unsaturated/α-hetero) is 1. The molecule has 0 aliphatic rings. The molecule has 0 atom stereocenters. The van der Waals surface area contributed by atoms with Crippen LogP contribution in [0, 0.1) is 17.0 Å². The van der Waals surface area contributed by atoms with Crippen LogP contribution in [0.1, 0.15) is 21.5 Å². The van der Waals surface area contributed by atoms with Gasteiger partial charge >= 0.3 is 0 Å². The van der Waals surface area contributed by atoms with E-state index in [4.69, 9.17) is 0 Å². The first kappa shape index (κ1) is 13.0. The van der Waals surface area contributed by atoms with Gasteiger partial charge in [-0.2, -0.15) is 0 Å². The molecule has 2 aromatic rings. The minimum atomic E-state index is -0.444. The van der Waals surface area contributed by atoms with Gasteiger partial charge in [-0.15, -0.1) is 0 Å². The molecule has 0 radical (unpaired) electrons. The topological polar surface area (TPSA) is 60.2 Å². The monoisotopic (exact) mass is 255 g/mol. The number of hydrogen-bond donors (Lipinski definition) is 0. The maximum absolute atomic E-state index is 12.1.